The number of aromatic nitrogens is 5. The van der Waals surface area contributed by atoms with E-state index in [1.807, 2.05) is 0 Å². The maximum atomic E-state index is 12.4. The minimum atomic E-state index is -4.74. The average molecular weight is 472 g/mol. The number of benzene rings is 1. The molecule has 33 heavy (non-hydrogen) atoms. The van der Waals surface area contributed by atoms with Crippen LogP contribution in [0.15, 0.2) is 53.0 Å². The van der Waals surface area contributed by atoms with Gasteiger partial charge in [-0.05, 0) is 36.2 Å². The lowest BCUT2D eigenvalue weighted by Gasteiger charge is -2.09. The fourth-order valence-corrected chi connectivity index (χ4v) is 4.15. The molecule has 0 radical (unpaired) electrons. The Hall–Kier alpha value is -3.93. The van der Waals surface area contributed by atoms with Gasteiger partial charge in [0.25, 0.3) is 5.56 Å². The van der Waals surface area contributed by atoms with Gasteiger partial charge >= 0.3 is 6.36 Å². The second-order valence-electron chi connectivity index (χ2n) is 7.06. The molecule has 0 fully saturated rings. The van der Waals surface area contributed by atoms with Crippen LogP contribution < -0.4 is 15.6 Å². The molecule has 0 aliphatic rings. The number of aromatic amines is 2. The van der Waals surface area contributed by atoms with Crippen LogP contribution in [0.2, 0.25) is 0 Å². The maximum absolute atomic E-state index is 12.4. The molecule has 5 aromatic rings. The Morgan fingerprint density at radius 3 is 2.85 bits per heavy atom. The van der Waals surface area contributed by atoms with Gasteiger partial charge in [-0.2, -0.15) is 0 Å². The van der Waals surface area contributed by atoms with Gasteiger partial charge in [0.2, 0.25) is 0 Å². The first-order valence-electron chi connectivity index (χ1n) is 9.76. The fraction of sp³-hybridized carbons (Fsp3) is 0.143. The number of hydrogen-bond acceptors (Lipinski definition) is 7. The Labute approximate surface area is 187 Å². The Morgan fingerprint density at radius 2 is 2.03 bits per heavy atom. The van der Waals surface area contributed by atoms with Crippen molar-refractivity contribution in [1.82, 2.24) is 24.9 Å². The number of pyridine rings is 1. The van der Waals surface area contributed by atoms with Crippen LogP contribution in [0, 0.1) is 0 Å². The number of ether oxygens (including phenoxy) is 1. The minimum Gasteiger partial charge on any atom is -0.406 e. The first-order valence-corrected chi connectivity index (χ1v) is 10.6. The van der Waals surface area contributed by atoms with Crippen LogP contribution in [0.3, 0.4) is 0 Å². The summed E-state index contributed by atoms with van der Waals surface area (Å²) in [5.41, 5.74) is 3.78. The summed E-state index contributed by atoms with van der Waals surface area (Å²) in [5, 5.41) is 4.04. The lowest BCUT2D eigenvalue weighted by atomic mass is 10.1. The summed E-state index contributed by atoms with van der Waals surface area (Å²) in [7, 11) is 0. The van der Waals surface area contributed by atoms with Crippen LogP contribution >= 0.6 is 11.3 Å². The molecule has 8 nitrogen and oxygen atoms in total. The third-order valence-corrected chi connectivity index (χ3v) is 5.64. The number of H-pyrrole nitrogens is 2. The quantitative estimate of drug-likeness (QED) is 0.336. The number of alkyl halides is 3. The van der Waals surface area contributed by atoms with Gasteiger partial charge in [-0.3, -0.25) is 4.79 Å². The lowest BCUT2D eigenvalue weighted by molar-refractivity contribution is -0.274. The lowest BCUT2D eigenvalue weighted by Crippen LogP contribution is -2.16. The highest BCUT2D eigenvalue weighted by Gasteiger charge is 2.31. The van der Waals surface area contributed by atoms with Gasteiger partial charge in [-0.25, -0.2) is 15.0 Å². The number of fused-ring (bicyclic) bond motifs is 2. The van der Waals surface area contributed by atoms with E-state index in [0.29, 0.717) is 46.0 Å². The van der Waals surface area contributed by atoms with Crippen molar-refractivity contribution < 1.29 is 17.9 Å². The van der Waals surface area contributed by atoms with Crippen molar-refractivity contribution >= 4 is 38.4 Å². The highest BCUT2D eigenvalue weighted by molar-refractivity contribution is 7.16. The molecule has 4 aromatic heterocycles. The number of nitrogens with zero attached hydrogens (tertiary/aromatic N) is 3. The summed E-state index contributed by atoms with van der Waals surface area (Å²) in [6.45, 7) is 0.474. The van der Waals surface area contributed by atoms with Gasteiger partial charge in [0.05, 0.1) is 11.1 Å². The largest absolute Gasteiger partial charge is 0.573 e. The molecule has 3 N–H and O–H groups in total. The minimum absolute atomic E-state index is 0.281. The number of anilines is 1. The predicted molar refractivity (Wildman–Crippen MR) is 118 cm³/mol. The zero-order valence-corrected chi connectivity index (χ0v) is 17.5. The van der Waals surface area contributed by atoms with Gasteiger partial charge in [0.15, 0.2) is 11.6 Å². The molecule has 12 heteroatoms. The molecule has 1 aromatic carbocycles. The Balaban J connectivity index is 1.36. The summed E-state index contributed by atoms with van der Waals surface area (Å²) in [6.07, 6.45) is -0.891. The van der Waals surface area contributed by atoms with Crippen molar-refractivity contribution in [3.8, 4) is 17.1 Å². The average Bonchev–Trinajstić information content (AvgIpc) is 3.40. The first kappa shape index (κ1) is 20.9. The van der Waals surface area contributed by atoms with Gasteiger partial charge < -0.3 is 20.0 Å². The molecule has 0 amide bonds. The standard InChI is InChI=1S/C21H15F3N6O2S/c22-21(23,24)32-12-3-4-13-11(9-27-15(13)8-12)5-7-25-18-16-20(33-10-28-16)30-17(29-18)14-2-1-6-26-19(14)31/h1-4,6,8-10,27H,5,7H2,(H,26,31)(H,25,29,30). The Bertz CT molecular complexity index is 1510. The molecule has 0 unspecified atom stereocenters. The van der Waals surface area contributed by atoms with Crippen molar-refractivity contribution in [3.05, 3.63) is 64.2 Å². The molecule has 5 rings (SSSR count). The molecule has 0 aliphatic carbocycles. The number of halogens is 3. The third-order valence-electron chi connectivity index (χ3n) is 4.92. The number of rotatable bonds is 6. The van der Waals surface area contributed by atoms with E-state index in [9.17, 15) is 18.0 Å². The first-order chi connectivity index (χ1) is 15.9. The smallest absolute Gasteiger partial charge is 0.406 e. The Kier molecular flexibility index (Phi) is 5.21. The van der Waals surface area contributed by atoms with Gasteiger partial charge in [0, 0.05) is 35.9 Å². The maximum Gasteiger partial charge on any atom is 0.573 e. The molecule has 0 saturated heterocycles. The molecule has 0 atom stereocenters. The monoisotopic (exact) mass is 472 g/mol. The van der Waals surface area contributed by atoms with Crippen LogP contribution in [0.5, 0.6) is 5.75 Å². The van der Waals surface area contributed by atoms with Crippen LogP contribution in [-0.4, -0.2) is 37.8 Å². The van der Waals surface area contributed by atoms with Crippen LogP contribution in [0.1, 0.15) is 5.56 Å². The molecular formula is C21H15F3N6O2S. The van der Waals surface area contributed by atoms with Crippen molar-refractivity contribution in [2.75, 3.05) is 11.9 Å². The highest BCUT2D eigenvalue weighted by Crippen LogP contribution is 2.29. The molecule has 0 bridgehead atoms. The van der Waals surface area contributed by atoms with E-state index in [-0.39, 0.29) is 11.3 Å². The molecule has 4 heterocycles. The van der Waals surface area contributed by atoms with E-state index >= 15 is 0 Å². The molecule has 0 spiro atoms. The van der Waals surface area contributed by atoms with Crippen molar-refractivity contribution in [2.24, 2.45) is 0 Å². The third kappa shape index (κ3) is 4.37. The summed E-state index contributed by atoms with van der Waals surface area (Å²) >= 11 is 1.34. The normalized spacial score (nSPS) is 11.8. The van der Waals surface area contributed by atoms with Crippen molar-refractivity contribution in [1.29, 1.82) is 0 Å². The molecule has 0 saturated carbocycles. The highest BCUT2D eigenvalue weighted by atomic mass is 32.1. The Morgan fingerprint density at radius 1 is 1.15 bits per heavy atom. The zero-order valence-electron chi connectivity index (χ0n) is 16.7. The van der Waals surface area contributed by atoms with E-state index in [1.54, 1.807) is 29.9 Å². The molecular weight excluding hydrogens is 457 g/mol. The summed E-state index contributed by atoms with van der Waals surface area (Å²) < 4.78 is 41.3. The SMILES string of the molecule is O=c1[nH]cccc1-c1nc(NCCc2c[nH]c3cc(OC(F)(F)F)ccc23)c2ncsc2n1. The molecule has 168 valence electrons. The van der Waals surface area contributed by atoms with Gasteiger partial charge in [-0.15, -0.1) is 24.5 Å². The number of thiazole rings is 1. The van der Waals surface area contributed by atoms with Crippen LogP contribution in [0.4, 0.5) is 19.0 Å². The van der Waals surface area contributed by atoms with E-state index in [2.05, 4.69) is 35.0 Å². The van der Waals surface area contributed by atoms with E-state index in [4.69, 9.17) is 0 Å². The number of nitrogens with one attached hydrogen (secondary N) is 3. The van der Waals surface area contributed by atoms with Crippen molar-refractivity contribution in [3.63, 3.8) is 0 Å². The topological polar surface area (TPSA) is 109 Å². The van der Waals surface area contributed by atoms with E-state index in [1.165, 1.54) is 29.7 Å². The second kappa shape index (κ2) is 8.20. The second-order valence-corrected chi connectivity index (χ2v) is 7.89. The zero-order chi connectivity index (χ0) is 23.0. The van der Waals surface area contributed by atoms with Gasteiger partial charge in [0.1, 0.15) is 16.1 Å². The van der Waals surface area contributed by atoms with E-state index < -0.39 is 6.36 Å². The predicted octanol–water partition coefficient (Wildman–Crippen LogP) is 4.48. The summed E-state index contributed by atoms with van der Waals surface area (Å²) in [5.74, 6) is 0.512. The molecule has 0 aliphatic heterocycles. The number of hydrogen-bond donors (Lipinski definition) is 3. The van der Waals surface area contributed by atoms with Gasteiger partial charge in [-0.1, -0.05) is 0 Å². The summed E-state index contributed by atoms with van der Waals surface area (Å²) in [6, 6.07) is 7.53. The van der Waals surface area contributed by atoms with Crippen LogP contribution in [0.25, 0.3) is 32.6 Å². The summed E-state index contributed by atoms with van der Waals surface area (Å²) in [4.78, 5) is 31.7. The van der Waals surface area contributed by atoms with Crippen LogP contribution in [-0.2, 0) is 6.42 Å². The fourth-order valence-electron chi connectivity index (χ4n) is 3.49. The van der Waals surface area contributed by atoms with E-state index in [0.717, 1.165) is 10.9 Å². The van der Waals surface area contributed by atoms with Crippen molar-refractivity contribution in [2.45, 2.75) is 12.8 Å².